The van der Waals surface area contributed by atoms with E-state index in [9.17, 15) is 9.59 Å². The normalized spacial score (nSPS) is 15.2. The Morgan fingerprint density at radius 1 is 0.968 bits per heavy atom. The summed E-state index contributed by atoms with van der Waals surface area (Å²) in [5, 5.41) is 3.57. The molecule has 0 bridgehead atoms. The average molecular weight is 440 g/mol. The van der Waals surface area contributed by atoms with Crippen molar-refractivity contribution in [3.05, 3.63) is 82.0 Å². The number of aromatic nitrogens is 2. The number of rotatable bonds is 6. The summed E-state index contributed by atoms with van der Waals surface area (Å²) in [6.45, 7) is 6.00. The minimum atomic E-state index is -0.0653. The minimum Gasteiger partial charge on any atom is -0.325 e. The van der Waals surface area contributed by atoms with Crippen LogP contribution in [0.25, 0.3) is 5.69 Å². The van der Waals surface area contributed by atoms with Gasteiger partial charge in [0.2, 0.25) is 5.91 Å². The highest BCUT2D eigenvalue weighted by atomic mass is 35.5. The van der Waals surface area contributed by atoms with Crippen LogP contribution in [-0.4, -0.2) is 57.6 Å². The third-order valence-electron chi connectivity index (χ3n) is 5.46. The highest BCUT2D eigenvalue weighted by molar-refractivity contribution is 6.30. The Morgan fingerprint density at radius 3 is 2.29 bits per heavy atom. The molecule has 1 aromatic heterocycles. The molecule has 162 valence electrons. The highest BCUT2D eigenvalue weighted by Gasteiger charge is 2.20. The Morgan fingerprint density at radius 2 is 1.61 bits per heavy atom. The number of carbonyl (C=O) groups excluding carboxylic acids is 1. The molecule has 1 aliphatic heterocycles. The number of benzene rings is 2. The summed E-state index contributed by atoms with van der Waals surface area (Å²) in [5.74, 6) is -0.00784. The molecule has 1 saturated heterocycles. The quantitative estimate of drug-likeness (QED) is 0.641. The summed E-state index contributed by atoms with van der Waals surface area (Å²) >= 11 is 5.97. The van der Waals surface area contributed by atoms with Crippen molar-refractivity contribution in [2.24, 2.45) is 0 Å². The van der Waals surface area contributed by atoms with Gasteiger partial charge in [0.15, 0.2) is 0 Å². The first-order chi connectivity index (χ1) is 15.0. The maximum absolute atomic E-state index is 12.9. The van der Waals surface area contributed by atoms with Gasteiger partial charge in [0.05, 0.1) is 18.9 Å². The lowest BCUT2D eigenvalue weighted by atomic mass is 10.3. The van der Waals surface area contributed by atoms with E-state index in [0.717, 1.165) is 43.2 Å². The van der Waals surface area contributed by atoms with Gasteiger partial charge >= 0.3 is 5.69 Å². The summed E-state index contributed by atoms with van der Waals surface area (Å²) in [6, 6.07) is 16.8. The summed E-state index contributed by atoms with van der Waals surface area (Å²) in [5.41, 5.74) is 2.43. The number of aryl methyl sites for hydroxylation is 1. The van der Waals surface area contributed by atoms with Crippen molar-refractivity contribution in [1.29, 1.82) is 0 Å². The van der Waals surface area contributed by atoms with E-state index in [1.54, 1.807) is 21.3 Å². The largest absolute Gasteiger partial charge is 0.334 e. The Labute approximate surface area is 186 Å². The summed E-state index contributed by atoms with van der Waals surface area (Å²) in [4.78, 5) is 29.6. The van der Waals surface area contributed by atoms with E-state index in [2.05, 4.69) is 15.1 Å². The molecule has 2 heterocycles. The molecule has 3 aromatic rings. The molecule has 1 fully saturated rings. The van der Waals surface area contributed by atoms with Crippen LogP contribution in [0.1, 0.15) is 5.69 Å². The van der Waals surface area contributed by atoms with E-state index in [1.165, 1.54) is 0 Å². The fraction of sp³-hybridized carbons (Fsp3) is 0.304. The van der Waals surface area contributed by atoms with Crippen LogP contribution in [-0.2, 0) is 11.5 Å². The van der Waals surface area contributed by atoms with Gasteiger partial charge in [0.25, 0.3) is 0 Å². The molecule has 0 saturated carbocycles. The second-order valence-electron chi connectivity index (χ2n) is 7.78. The number of anilines is 1. The Kier molecular flexibility index (Phi) is 6.56. The highest BCUT2D eigenvalue weighted by Crippen LogP contribution is 2.14. The SMILES string of the molecule is Cc1cn(CN2CCN(CC(=O)Nc3ccccc3)CC2)c(=O)n1-c1ccc(Cl)cc1. The van der Waals surface area contributed by atoms with Gasteiger partial charge in [-0.05, 0) is 43.3 Å². The van der Waals surface area contributed by atoms with Crippen LogP contribution >= 0.6 is 11.6 Å². The van der Waals surface area contributed by atoms with Gasteiger partial charge in [-0.1, -0.05) is 29.8 Å². The van der Waals surface area contributed by atoms with Crippen molar-refractivity contribution in [2.75, 3.05) is 38.0 Å². The maximum atomic E-state index is 12.9. The van der Waals surface area contributed by atoms with Crippen LogP contribution in [0.15, 0.2) is 65.6 Å². The van der Waals surface area contributed by atoms with Crippen molar-refractivity contribution in [2.45, 2.75) is 13.6 Å². The van der Waals surface area contributed by atoms with Gasteiger partial charge in [-0.2, -0.15) is 0 Å². The number of amides is 1. The molecule has 1 N–H and O–H groups in total. The van der Waals surface area contributed by atoms with Gasteiger partial charge in [-0.15, -0.1) is 0 Å². The molecule has 1 aliphatic rings. The van der Waals surface area contributed by atoms with Crippen LogP contribution in [0.4, 0.5) is 5.69 Å². The zero-order valence-corrected chi connectivity index (χ0v) is 18.3. The number of nitrogens with zero attached hydrogens (tertiary/aromatic N) is 4. The zero-order valence-electron chi connectivity index (χ0n) is 17.5. The Hall–Kier alpha value is -2.87. The molecule has 0 aliphatic carbocycles. The van der Waals surface area contributed by atoms with Crippen LogP contribution in [0.3, 0.4) is 0 Å². The molecule has 0 spiro atoms. The van der Waals surface area contributed by atoms with Gasteiger partial charge < -0.3 is 5.32 Å². The monoisotopic (exact) mass is 439 g/mol. The van der Waals surface area contributed by atoms with Crippen molar-refractivity contribution in [3.8, 4) is 5.69 Å². The molecule has 0 radical (unpaired) electrons. The number of hydrogen-bond donors (Lipinski definition) is 1. The molecule has 8 heteroatoms. The number of halogens is 1. The van der Waals surface area contributed by atoms with E-state index in [-0.39, 0.29) is 11.6 Å². The van der Waals surface area contributed by atoms with Gasteiger partial charge in [-0.25, -0.2) is 4.79 Å². The van der Waals surface area contributed by atoms with Gasteiger partial charge in [-0.3, -0.25) is 23.7 Å². The van der Waals surface area contributed by atoms with Crippen LogP contribution in [0, 0.1) is 6.92 Å². The van der Waals surface area contributed by atoms with Crippen molar-refractivity contribution in [1.82, 2.24) is 18.9 Å². The second-order valence-corrected chi connectivity index (χ2v) is 8.22. The first-order valence-electron chi connectivity index (χ1n) is 10.3. The van der Waals surface area contributed by atoms with Crippen molar-refractivity contribution < 1.29 is 4.79 Å². The lowest BCUT2D eigenvalue weighted by Crippen LogP contribution is -2.49. The fourth-order valence-electron chi connectivity index (χ4n) is 3.85. The maximum Gasteiger partial charge on any atom is 0.334 e. The number of nitrogens with one attached hydrogen (secondary N) is 1. The summed E-state index contributed by atoms with van der Waals surface area (Å²) in [7, 11) is 0. The molecule has 31 heavy (non-hydrogen) atoms. The zero-order chi connectivity index (χ0) is 21.8. The van der Waals surface area contributed by atoms with Gasteiger partial charge in [0.1, 0.15) is 0 Å². The molecule has 2 aromatic carbocycles. The van der Waals surface area contributed by atoms with Crippen molar-refractivity contribution in [3.63, 3.8) is 0 Å². The average Bonchev–Trinajstić information content (AvgIpc) is 3.04. The molecule has 0 unspecified atom stereocenters. The minimum absolute atomic E-state index is 0.00784. The molecular formula is C23H26ClN5O2. The summed E-state index contributed by atoms with van der Waals surface area (Å²) in [6.07, 6.45) is 1.89. The molecular weight excluding hydrogens is 414 g/mol. The summed E-state index contributed by atoms with van der Waals surface area (Å²) < 4.78 is 3.43. The van der Waals surface area contributed by atoms with Crippen LogP contribution in [0.2, 0.25) is 5.02 Å². The lowest BCUT2D eigenvalue weighted by molar-refractivity contribution is -0.117. The number of carbonyl (C=O) groups is 1. The predicted molar refractivity (Wildman–Crippen MR) is 123 cm³/mol. The van der Waals surface area contributed by atoms with E-state index in [0.29, 0.717) is 18.2 Å². The van der Waals surface area contributed by atoms with E-state index in [4.69, 9.17) is 11.6 Å². The second kappa shape index (κ2) is 9.51. The van der Waals surface area contributed by atoms with E-state index >= 15 is 0 Å². The third kappa shape index (κ3) is 5.25. The fourth-order valence-corrected chi connectivity index (χ4v) is 3.98. The smallest absolute Gasteiger partial charge is 0.325 e. The number of piperazine rings is 1. The molecule has 7 nitrogen and oxygen atoms in total. The first-order valence-corrected chi connectivity index (χ1v) is 10.7. The van der Waals surface area contributed by atoms with Gasteiger partial charge in [0, 0.05) is 48.8 Å². The van der Waals surface area contributed by atoms with Crippen LogP contribution in [0.5, 0.6) is 0 Å². The Bertz CT molecular complexity index is 1080. The number of hydrogen-bond acceptors (Lipinski definition) is 4. The number of imidazole rings is 1. The van der Waals surface area contributed by atoms with E-state index < -0.39 is 0 Å². The topological polar surface area (TPSA) is 62.5 Å². The number of para-hydroxylation sites is 1. The molecule has 0 atom stereocenters. The standard InChI is InChI=1S/C23H26ClN5O2/c1-18-15-28(23(31)29(18)21-9-7-19(24)8-10-21)17-27-13-11-26(12-14-27)16-22(30)25-20-5-3-2-4-6-20/h2-10,15H,11-14,16-17H2,1H3,(H,25,30). The van der Waals surface area contributed by atoms with Crippen molar-refractivity contribution >= 4 is 23.2 Å². The third-order valence-corrected chi connectivity index (χ3v) is 5.71. The molecule has 1 amide bonds. The predicted octanol–water partition coefficient (Wildman–Crippen LogP) is 2.81. The van der Waals surface area contributed by atoms with E-state index in [1.807, 2.05) is 55.6 Å². The first kappa shape index (κ1) is 21.4. The molecule has 4 rings (SSSR count). The van der Waals surface area contributed by atoms with Crippen LogP contribution < -0.4 is 11.0 Å². The lowest BCUT2D eigenvalue weighted by Gasteiger charge is -2.34. The Balaban J connectivity index is 1.32.